The van der Waals surface area contributed by atoms with E-state index in [1.165, 1.54) is 4.68 Å². The van der Waals surface area contributed by atoms with Crippen molar-refractivity contribution < 1.29 is 14.3 Å². The molecule has 1 aliphatic rings. The van der Waals surface area contributed by atoms with Crippen molar-refractivity contribution in [3.63, 3.8) is 0 Å². The van der Waals surface area contributed by atoms with Crippen molar-refractivity contribution >= 4 is 28.3 Å². The average molecular weight is 463 g/mol. The van der Waals surface area contributed by atoms with Crippen molar-refractivity contribution in [2.75, 3.05) is 25.5 Å². The number of fused-ring (bicyclic) bond motifs is 1. The van der Waals surface area contributed by atoms with Gasteiger partial charge in [-0.3, -0.25) is 14.4 Å². The van der Waals surface area contributed by atoms with Gasteiger partial charge in [0.1, 0.15) is 5.75 Å². The first-order valence-electron chi connectivity index (χ1n) is 11.6. The monoisotopic (exact) mass is 462 g/mol. The summed E-state index contributed by atoms with van der Waals surface area (Å²) in [6, 6.07) is 14.4. The second-order valence-corrected chi connectivity index (χ2v) is 9.03. The minimum absolute atomic E-state index is 0.0781. The van der Waals surface area contributed by atoms with Crippen LogP contribution in [0.5, 0.6) is 5.75 Å². The molecule has 3 aromatic rings. The molecule has 8 heteroatoms. The molecular formula is C26H30N4O4. The van der Waals surface area contributed by atoms with Crippen molar-refractivity contribution in [1.82, 2.24) is 14.7 Å². The van der Waals surface area contributed by atoms with E-state index in [1.54, 1.807) is 48.4 Å². The van der Waals surface area contributed by atoms with Gasteiger partial charge in [-0.25, -0.2) is 4.68 Å². The van der Waals surface area contributed by atoms with E-state index < -0.39 is 0 Å². The summed E-state index contributed by atoms with van der Waals surface area (Å²) < 4.78 is 6.71. The Morgan fingerprint density at radius 2 is 1.71 bits per heavy atom. The van der Waals surface area contributed by atoms with Gasteiger partial charge < -0.3 is 15.0 Å². The number of nitrogens with zero attached hydrogens (tertiary/aromatic N) is 3. The van der Waals surface area contributed by atoms with Crippen LogP contribution in [0.3, 0.4) is 0 Å². The second-order valence-electron chi connectivity index (χ2n) is 9.03. The molecule has 0 radical (unpaired) electrons. The number of anilines is 1. The Kier molecular flexibility index (Phi) is 6.95. The number of piperidine rings is 1. The number of nitrogens with one attached hydrogen (secondary N) is 1. The quantitative estimate of drug-likeness (QED) is 0.605. The summed E-state index contributed by atoms with van der Waals surface area (Å²) >= 11 is 0. The molecule has 1 aliphatic heterocycles. The van der Waals surface area contributed by atoms with Gasteiger partial charge in [-0.15, -0.1) is 0 Å². The summed E-state index contributed by atoms with van der Waals surface area (Å²) in [5.41, 5.74) is 0.733. The number of para-hydroxylation sites is 2. The number of carbonyl (C=O) groups excluding carboxylic acids is 2. The van der Waals surface area contributed by atoms with Crippen LogP contribution < -0.4 is 15.6 Å². The number of rotatable bonds is 6. The van der Waals surface area contributed by atoms with Crippen LogP contribution >= 0.6 is 0 Å². The number of likely N-dealkylation sites (tertiary alicyclic amines) is 1. The van der Waals surface area contributed by atoms with Crippen molar-refractivity contribution in [1.29, 1.82) is 0 Å². The van der Waals surface area contributed by atoms with E-state index in [2.05, 4.69) is 10.4 Å². The van der Waals surface area contributed by atoms with Gasteiger partial charge in [0.25, 0.3) is 11.5 Å². The molecule has 0 bridgehead atoms. The van der Waals surface area contributed by atoms with Crippen LogP contribution in [0.2, 0.25) is 0 Å². The highest BCUT2D eigenvalue weighted by Crippen LogP contribution is 2.26. The summed E-state index contributed by atoms with van der Waals surface area (Å²) in [6.07, 6.45) is 1.10. The fourth-order valence-corrected chi connectivity index (χ4v) is 4.34. The number of methoxy groups -OCH3 is 1. The van der Waals surface area contributed by atoms with E-state index in [-0.39, 0.29) is 34.9 Å². The van der Waals surface area contributed by atoms with Crippen molar-refractivity contribution in [3.05, 3.63) is 64.6 Å². The van der Waals surface area contributed by atoms with Crippen molar-refractivity contribution in [2.45, 2.75) is 33.2 Å². The van der Waals surface area contributed by atoms with Crippen LogP contribution in [0.15, 0.2) is 53.3 Å². The van der Waals surface area contributed by atoms with Gasteiger partial charge in [-0.2, -0.15) is 5.10 Å². The zero-order valence-corrected chi connectivity index (χ0v) is 19.8. The Balaban J connectivity index is 1.50. The fraction of sp³-hybridized carbons (Fsp3) is 0.385. The Bertz CT molecular complexity index is 1260. The van der Waals surface area contributed by atoms with Crippen LogP contribution in [0.1, 0.15) is 37.2 Å². The first kappa shape index (κ1) is 23.5. The largest absolute Gasteiger partial charge is 0.495 e. The van der Waals surface area contributed by atoms with E-state index in [0.29, 0.717) is 54.7 Å². The molecule has 1 aromatic heterocycles. The number of benzene rings is 2. The van der Waals surface area contributed by atoms with Gasteiger partial charge >= 0.3 is 0 Å². The first-order chi connectivity index (χ1) is 16.4. The van der Waals surface area contributed by atoms with E-state index in [0.717, 1.165) is 0 Å². The van der Waals surface area contributed by atoms with Crippen molar-refractivity contribution in [3.8, 4) is 5.75 Å². The Morgan fingerprint density at radius 1 is 1.06 bits per heavy atom. The predicted octanol–water partition coefficient (Wildman–Crippen LogP) is 3.55. The van der Waals surface area contributed by atoms with Crippen LogP contribution in [-0.2, 0) is 11.3 Å². The SMILES string of the molecule is COc1ccccc1NC(=O)C1CCN(C(=O)c2nn(CC(C)C)c(=O)c3ccccc23)CC1. The maximum Gasteiger partial charge on any atom is 0.274 e. The number of hydrogen-bond acceptors (Lipinski definition) is 5. The lowest BCUT2D eigenvalue weighted by molar-refractivity contribution is -0.121. The zero-order chi connectivity index (χ0) is 24.2. The highest BCUT2D eigenvalue weighted by Gasteiger charge is 2.30. The van der Waals surface area contributed by atoms with E-state index in [1.807, 2.05) is 26.0 Å². The number of hydrogen-bond donors (Lipinski definition) is 1. The van der Waals surface area contributed by atoms with Crippen LogP contribution in [0.25, 0.3) is 10.8 Å². The summed E-state index contributed by atoms with van der Waals surface area (Å²) in [7, 11) is 1.57. The Morgan fingerprint density at radius 3 is 2.38 bits per heavy atom. The molecule has 2 aromatic carbocycles. The van der Waals surface area contributed by atoms with Gasteiger partial charge in [-0.05, 0) is 37.0 Å². The lowest BCUT2D eigenvalue weighted by Gasteiger charge is -2.31. The lowest BCUT2D eigenvalue weighted by atomic mass is 9.95. The molecule has 2 heterocycles. The van der Waals surface area contributed by atoms with E-state index in [4.69, 9.17) is 4.74 Å². The molecule has 8 nitrogen and oxygen atoms in total. The molecule has 4 rings (SSSR count). The van der Waals surface area contributed by atoms with Gasteiger partial charge in [0, 0.05) is 30.9 Å². The third-order valence-corrected chi connectivity index (χ3v) is 6.13. The maximum absolute atomic E-state index is 13.4. The molecular weight excluding hydrogens is 432 g/mol. The summed E-state index contributed by atoms with van der Waals surface area (Å²) in [4.78, 5) is 40.8. The lowest BCUT2D eigenvalue weighted by Crippen LogP contribution is -2.42. The number of carbonyl (C=O) groups is 2. The molecule has 178 valence electrons. The predicted molar refractivity (Wildman–Crippen MR) is 131 cm³/mol. The van der Waals surface area contributed by atoms with E-state index >= 15 is 0 Å². The number of ether oxygens (including phenoxy) is 1. The summed E-state index contributed by atoms with van der Waals surface area (Å²) in [6.45, 7) is 5.34. The second kappa shape index (κ2) is 10.1. The van der Waals surface area contributed by atoms with Gasteiger partial charge in [0.15, 0.2) is 5.69 Å². The Labute approximate surface area is 198 Å². The van der Waals surface area contributed by atoms with Crippen LogP contribution in [-0.4, -0.2) is 46.7 Å². The maximum atomic E-state index is 13.4. The average Bonchev–Trinajstić information content (AvgIpc) is 2.85. The van der Waals surface area contributed by atoms with Crippen LogP contribution in [0, 0.1) is 11.8 Å². The van der Waals surface area contributed by atoms with Gasteiger partial charge in [0.05, 0.1) is 18.2 Å². The highest BCUT2D eigenvalue weighted by atomic mass is 16.5. The summed E-state index contributed by atoms with van der Waals surface area (Å²) in [5.74, 6) is 0.334. The van der Waals surface area contributed by atoms with Crippen molar-refractivity contribution in [2.24, 2.45) is 11.8 Å². The molecule has 1 fully saturated rings. The Hall–Kier alpha value is -3.68. The smallest absolute Gasteiger partial charge is 0.274 e. The van der Waals surface area contributed by atoms with Gasteiger partial charge in [-0.1, -0.05) is 44.2 Å². The van der Waals surface area contributed by atoms with E-state index in [9.17, 15) is 14.4 Å². The molecule has 0 unspecified atom stereocenters. The molecule has 0 saturated carbocycles. The molecule has 0 spiro atoms. The minimum atomic E-state index is -0.211. The molecule has 2 amide bonds. The third-order valence-electron chi connectivity index (χ3n) is 6.13. The number of amides is 2. The minimum Gasteiger partial charge on any atom is -0.495 e. The number of aromatic nitrogens is 2. The molecule has 0 atom stereocenters. The summed E-state index contributed by atoms with van der Waals surface area (Å²) in [5, 5.41) is 8.47. The third kappa shape index (κ3) is 4.81. The molecule has 1 saturated heterocycles. The fourth-order valence-electron chi connectivity index (χ4n) is 4.34. The first-order valence-corrected chi connectivity index (χ1v) is 11.6. The molecule has 34 heavy (non-hydrogen) atoms. The standard InChI is InChI=1S/C26H30N4O4/c1-17(2)16-30-25(32)20-9-5-4-8-19(20)23(28-30)26(33)29-14-12-18(13-15-29)24(31)27-21-10-6-7-11-22(21)34-3/h4-11,17-18H,12-16H2,1-3H3,(H,27,31). The molecule has 1 N–H and O–H groups in total. The zero-order valence-electron chi connectivity index (χ0n) is 19.8. The van der Waals surface area contributed by atoms with Gasteiger partial charge in [0.2, 0.25) is 5.91 Å². The normalized spacial score (nSPS) is 14.4. The topological polar surface area (TPSA) is 93.5 Å². The highest BCUT2D eigenvalue weighted by molar-refractivity contribution is 6.05. The van der Waals surface area contributed by atoms with Crippen LogP contribution in [0.4, 0.5) is 5.69 Å². The molecule has 0 aliphatic carbocycles.